The first kappa shape index (κ1) is 14.9. The molecular formula is C13H15ClN4OS. The van der Waals surface area contributed by atoms with Crippen LogP contribution in [0.1, 0.15) is 12.7 Å². The lowest BCUT2D eigenvalue weighted by atomic mass is 10.3. The van der Waals surface area contributed by atoms with Gasteiger partial charge in [-0.2, -0.15) is 0 Å². The summed E-state index contributed by atoms with van der Waals surface area (Å²) < 4.78 is 1.86. The van der Waals surface area contributed by atoms with Gasteiger partial charge in [-0.15, -0.1) is 10.2 Å². The number of nitrogens with zero attached hydrogens (tertiary/aromatic N) is 3. The van der Waals surface area contributed by atoms with Crippen molar-refractivity contribution in [1.29, 1.82) is 0 Å². The van der Waals surface area contributed by atoms with Gasteiger partial charge in [-0.1, -0.05) is 23.4 Å². The van der Waals surface area contributed by atoms with Crippen molar-refractivity contribution in [1.82, 2.24) is 14.8 Å². The maximum absolute atomic E-state index is 12.1. The fraction of sp³-hybridized carbons (Fsp3) is 0.308. The van der Waals surface area contributed by atoms with Gasteiger partial charge in [0.1, 0.15) is 5.82 Å². The number of aryl methyl sites for hydroxylation is 1. The molecule has 7 heteroatoms. The molecule has 0 unspecified atom stereocenters. The number of anilines is 1. The van der Waals surface area contributed by atoms with Gasteiger partial charge < -0.3 is 9.88 Å². The molecule has 0 saturated carbocycles. The highest BCUT2D eigenvalue weighted by Gasteiger charge is 2.18. The number of carbonyl (C=O) groups is 1. The Morgan fingerprint density at radius 2 is 2.00 bits per heavy atom. The Bertz CT molecular complexity index is 611. The number of nitrogens with one attached hydrogen (secondary N) is 1. The van der Waals surface area contributed by atoms with Gasteiger partial charge in [0.25, 0.3) is 0 Å². The largest absolute Gasteiger partial charge is 0.325 e. The molecule has 1 atom stereocenters. The Balaban J connectivity index is 1.98. The third-order valence-electron chi connectivity index (χ3n) is 2.82. The molecule has 1 N–H and O–H groups in total. The van der Waals surface area contributed by atoms with E-state index in [1.807, 2.05) is 25.5 Å². The van der Waals surface area contributed by atoms with Crippen molar-refractivity contribution in [3.63, 3.8) is 0 Å². The van der Waals surface area contributed by atoms with Gasteiger partial charge in [0.15, 0.2) is 5.16 Å². The zero-order valence-corrected chi connectivity index (χ0v) is 13.0. The van der Waals surface area contributed by atoms with Crippen molar-refractivity contribution in [2.45, 2.75) is 24.3 Å². The third-order valence-corrected chi connectivity index (χ3v) is 4.20. The number of hydrogen-bond donors (Lipinski definition) is 1. The number of rotatable bonds is 4. The second-order valence-corrected chi connectivity index (χ2v) is 6.09. The van der Waals surface area contributed by atoms with Crippen LogP contribution in [-0.2, 0) is 11.8 Å². The summed E-state index contributed by atoms with van der Waals surface area (Å²) in [5.74, 6) is 0.732. The Morgan fingerprint density at radius 3 is 2.55 bits per heavy atom. The van der Waals surface area contributed by atoms with Crippen molar-refractivity contribution < 1.29 is 4.79 Å². The average Bonchev–Trinajstić information content (AvgIpc) is 2.73. The average molecular weight is 311 g/mol. The maximum Gasteiger partial charge on any atom is 0.237 e. The normalized spacial score (nSPS) is 12.2. The van der Waals surface area contributed by atoms with Crippen LogP contribution in [0.15, 0.2) is 29.4 Å². The summed E-state index contributed by atoms with van der Waals surface area (Å²) in [6.07, 6.45) is 0. The van der Waals surface area contributed by atoms with Crippen LogP contribution in [0.2, 0.25) is 5.02 Å². The maximum atomic E-state index is 12.1. The highest BCUT2D eigenvalue weighted by Crippen LogP contribution is 2.22. The van der Waals surface area contributed by atoms with E-state index in [0.717, 1.165) is 16.7 Å². The summed E-state index contributed by atoms with van der Waals surface area (Å²) in [4.78, 5) is 12.1. The minimum absolute atomic E-state index is 0.0852. The molecule has 5 nitrogen and oxygen atoms in total. The second-order valence-electron chi connectivity index (χ2n) is 4.35. The van der Waals surface area contributed by atoms with Gasteiger partial charge in [-0.25, -0.2) is 0 Å². The third kappa shape index (κ3) is 3.52. The van der Waals surface area contributed by atoms with Crippen LogP contribution in [0, 0.1) is 6.92 Å². The Morgan fingerprint density at radius 1 is 1.35 bits per heavy atom. The monoisotopic (exact) mass is 310 g/mol. The number of hydrogen-bond acceptors (Lipinski definition) is 4. The predicted molar refractivity (Wildman–Crippen MR) is 81.1 cm³/mol. The molecular weight excluding hydrogens is 296 g/mol. The molecule has 0 aliphatic heterocycles. The lowest BCUT2D eigenvalue weighted by Crippen LogP contribution is -2.22. The molecule has 0 saturated heterocycles. The molecule has 2 rings (SSSR count). The molecule has 20 heavy (non-hydrogen) atoms. The first-order valence-electron chi connectivity index (χ1n) is 6.06. The smallest absolute Gasteiger partial charge is 0.237 e. The zero-order valence-electron chi connectivity index (χ0n) is 11.4. The number of amides is 1. The van der Waals surface area contributed by atoms with E-state index in [-0.39, 0.29) is 11.2 Å². The van der Waals surface area contributed by atoms with Crippen LogP contribution >= 0.6 is 23.4 Å². The molecule has 0 bridgehead atoms. The van der Waals surface area contributed by atoms with Crippen LogP contribution in [0.4, 0.5) is 5.69 Å². The molecule has 0 aliphatic carbocycles. The molecule has 0 spiro atoms. The molecule has 106 valence electrons. The highest BCUT2D eigenvalue weighted by atomic mass is 35.5. The van der Waals surface area contributed by atoms with Crippen LogP contribution in [0.3, 0.4) is 0 Å². The SMILES string of the molecule is Cc1nnc(S[C@@H](C)C(=O)Nc2ccc(Cl)cc2)n1C. The van der Waals surface area contributed by atoms with Crippen molar-refractivity contribution in [2.75, 3.05) is 5.32 Å². The molecule has 0 fully saturated rings. The van der Waals surface area contributed by atoms with E-state index in [1.54, 1.807) is 24.3 Å². The first-order valence-corrected chi connectivity index (χ1v) is 7.32. The minimum atomic E-state index is -0.270. The Labute approximate surface area is 126 Å². The molecule has 0 aliphatic rings. The summed E-state index contributed by atoms with van der Waals surface area (Å²) in [5, 5.41) is 11.9. The van der Waals surface area contributed by atoms with E-state index in [1.165, 1.54) is 11.8 Å². The van der Waals surface area contributed by atoms with E-state index in [4.69, 9.17) is 11.6 Å². The number of carbonyl (C=O) groups excluding carboxylic acids is 1. The fourth-order valence-corrected chi connectivity index (χ4v) is 2.47. The Kier molecular flexibility index (Phi) is 4.67. The lowest BCUT2D eigenvalue weighted by molar-refractivity contribution is -0.115. The van der Waals surface area contributed by atoms with Crippen LogP contribution in [0.5, 0.6) is 0 Å². The summed E-state index contributed by atoms with van der Waals surface area (Å²) >= 11 is 7.18. The number of benzene rings is 1. The molecule has 1 heterocycles. The van der Waals surface area contributed by atoms with E-state index in [2.05, 4.69) is 15.5 Å². The number of aromatic nitrogens is 3. The minimum Gasteiger partial charge on any atom is -0.325 e. The quantitative estimate of drug-likeness (QED) is 0.882. The summed E-state index contributed by atoms with van der Waals surface area (Å²) in [7, 11) is 1.88. The van der Waals surface area contributed by atoms with Gasteiger partial charge >= 0.3 is 0 Å². The van der Waals surface area contributed by atoms with Gasteiger partial charge in [0.05, 0.1) is 5.25 Å². The van der Waals surface area contributed by atoms with Crippen molar-refractivity contribution >= 4 is 35.0 Å². The lowest BCUT2D eigenvalue weighted by Gasteiger charge is -2.11. The van der Waals surface area contributed by atoms with Gasteiger partial charge in [-0.05, 0) is 38.1 Å². The molecule has 0 radical (unpaired) electrons. The highest BCUT2D eigenvalue weighted by molar-refractivity contribution is 8.00. The van der Waals surface area contributed by atoms with Crippen LogP contribution in [-0.4, -0.2) is 25.9 Å². The van der Waals surface area contributed by atoms with Crippen molar-refractivity contribution in [3.8, 4) is 0 Å². The van der Waals surface area contributed by atoms with Crippen molar-refractivity contribution in [2.24, 2.45) is 7.05 Å². The Hall–Kier alpha value is -1.53. The van der Waals surface area contributed by atoms with E-state index >= 15 is 0 Å². The molecule has 1 aromatic heterocycles. The molecule has 1 aromatic carbocycles. The standard InChI is InChI=1S/C13H15ClN4OS/c1-8(20-13-17-16-9(2)18(13)3)12(19)15-11-6-4-10(14)5-7-11/h4-8H,1-3H3,(H,15,19)/t8-/m0/s1. The summed E-state index contributed by atoms with van der Waals surface area (Å²) in [6.45, 7) is 3.70. The first-order chi connectivity index (χ1) is 9.47. The molecule has 1 amide bonds. The fourth-order valence-electron chi connectivity index (χ4n) is 1.48. The second kappa shape index (κ2) is 6.28. The van der Waals surface area contributed by atoms with E-state index < -0.39 is 0 Å². The van der Waals surface area contributed by atoms with Crippen molar-refractivity contribution in [3.05, 3.63) is 35.1 Å². The molecule has 2 aromatic rings. The van der Waals surface area contributed by atoms with Gasteiger partial charge in [0, 0.05) is 17.8 Å². The number of thioether (sulfide) groups is 1. The van der Waals surface area contributed by atoms with E-state index in [0.29, 0.717) is 5.02 Å². The summed E-state index contributed by atoms with van der Waals surface area (Å²) in [6, 6.07) is 7.01. The number of halogens is 1. The van der Waals surface area contributed by atoms with E-state index in [9.17, 15) is 4.79 Å². The van der Waals surface area contributed by atoms with Gasteiger partial charge in [-0.3, -0.25) is 4.79 Å². The van der Waals surface area contributed by atoms with Gasteiger partial charge in [0.2, 0.25) is 5.91 Å². The summed E-state index contributed by atoms with van der Waals surface area (Å²) in [5.41, 5.74) is 0.723. The van der Waals surface area contributed by atoms with Crippen LogP contribution in [0.25, 0.3) is 0 Å². The topological polar surface area (TPSA) is 59.8 Å². The zero-order chi connectivity index (χ0) is 14.7. The van der Waals surface area contributed by atoms with Crippen LogP contribution < -0.4 is 5.32 Å². The predicted octanol–water partition coefficient (Wildman–Crippen LogP) is 2.90.